The fourth-order valence-corrected chi connectivity index (χ4v) is 3.55. The van der Waals surface area contributed by atoms with Crippen molar-refractivity contribution in [2.24, 2.45) is 0 Å². The fourth-order valence-electron chi connectivity index (χ4n) is 3.08. The minimum absolute atomic E-state index is 0.188. The molecule has 1 amide bonds. The van der Waals surface area contributed by atoms with E-state index in [1.807, 2.05) is 54.6 Å². The average Bonchev–Trinajstić information content (AvgIpc) is 3.14. The van der Waals surface area contributed by atoms with E-state index in [4.69, 9.17) is 0 Å². The number of para-hydroxylation sites is 3. The van der Waals surface area contributed by atoms with Crippen LogP contribution < -0.4 is 5.32 Å². The molecule has 27 heavy (non-hydrogen) atoms. The molecule has 6 heteroatoms. The zero-order chi connectivity index (χ0) is 18.6. The van der Waals surface area contributed by atoms with E-state index in [2.05, 4.69) is 26.5 Å². The second-order valence-electron chi connectivity index (χ2n) is 6.34. The normalized spacial score (nSPS) is 12.3. The smallest absolute Gasteiger partial charge is 0.270 e. The van der Waals surface area contributed by atoms with Gasteiger partial charge in [-0.3, -0.25) is 4.79 Å². The van der Waals surface area contributed by atoms with Crippen molar-refractivity contribution in [3.63, 3.8) is 0 Å². The largest absolute Gasteiger partial charge is 0.341 e. The Morgan fingerprint density at radius 2 is 1.81 bits per heavy atom. The Kier molecular flexibility index (Phi) is 5.07. The summed E-state index contributed by atoms with van der Waals surface area (Å²) in [5, 5.41) is 4.12. The topological polar surface area (TPSA) is 70.7 Å². The highest BCUT2D eigenvalue weighted by atomic mass is 32.2. The Balaban J connectivity index is 1.60. The van der Waals surface area contributed by atoms with Crippen LogP contribution in [0.5, 0.6) is 0 Å². The standard InChI is InChI=1S/C21H20N4OS/c1-27-13-12-18(20-23-16-8-4-5-9-17(16)24-20)25-21(26)19-11-10-14-6-2-3-7-15(14)22-19/h2-11,18H,12-13H2,1H3,(H,23,24)(H,25,26). The van der Waals surface area contributed by atoms with Gasteiger partial charge in [-0.05, 0) is 42.7 Å². The highest BCUT2D eigenvalue weighted by molar-refractivity contribution is 7.98. The molecule has 0 saturated carbocycles. The van der Waals surface area contributed by atoms with Gasteiger partial charge in [-0.15, -0.1) is 0 Å². The van der Waals surface area contributed by atoms with Crippen molar-refractivity contribution in [1.29, 1.82) is 0 Å². The highest BCUT2D eigenvalue weighted by Gasteiger charge is 2.20. The van der Waals surface area contributed by atoms with Gasteiger partial charge >= 0.3 is 0 Å². The van der Waals surface area contributed by atoms with Crippen molar-refractivity contribution in [3.8, 4) is 0 Å². The second kappa shape index (κ2) is 7.80. The van der Waals surface area contributed by atoms with E-state index in [0.717, 1.165) is 39.9 Å². The van der Waals surface area contributed by atoms with Gasteiger partial charge in [0, 0.05) is 5.39 Å². The minimum Gasteiger partial charge on any atom is -0.341 e. The van der Waals surface area contributed by atoms with Crippen LogP contribution in [-0.4, -0.2) is 32.9 Å². The van der Waals surface area contributed by atoms with Crippen LogP contribution in [-0.2, 0) is 0 Å². The Bertz CT molecular complexity index is 1060. The first-order chi connectivity index (χ1) is 13.2. The first-order valence-corrected chi connectivity index (χ1v) is 10.2. The zero-order valence-corrected chi connectivity index (χ0v) is 15.8. The molecule has 2 aromatic heterocycles. The van der Waals surface area contributed by atoms with Crippen molar-refractivity contribution in [2.45, 2.75) is 12.5 Å². The van der Waals surface area contributed by atoms with Gasteiger partial charge in [-0.25, -0.2) is 9.97 Å². The number of imidazole rings is 1. The number of pyridine rings is 1. The van der Waals surface area contributed by atoms with Crippen LogP contribution in [0.25, 0.3) is 21.9 Å². The number of H-pyrrole nitrogens is 1. The van der Waals surface area contributed by atoms with Crippen LogP contribution in [0.15, 0.2) is 60.7 Å². The maximum Gasteiger partial charge on any atom is 0.270 e. The number of fused-ring (bicyclic) bond motifs is 2. The van der Waals surface area contributed by atoms with Crippen LogP contribution in [0.3, 0.4) is 0 Å². The third-order valence-electron chi connectivity index (χ3n) is 4.48. The van der Waals surface area contributed by atoms with Crippen molar-refractivity contribution in [3.05, 3.63) is 72.2 Å². The molecule has 0 aliphatic heterocycles. The van der Waals surface area contributed by atoms with Gasteiger partial charge in [0.25, 0.3) is 5.91 Å². The molecule has 0 spiro atoms. The molecule has 4 aromatic rings. The number of hydrogen-bond donors (Lipinski definition) is 2. The molecular weight excluding hydrogens is 356 g/mol. The Hall–Kier alpha value is -2.86. The molecule has 2 heterocycles. The SMILES string of the molecule is CSCCC(NC(=O)c1ccc2ccccc2n1)c1nc2ccccc2[nH]1. The maximum absolute atomic E-state index is 12.8. The van der Waals surface area contributed by atoms with Crippen molar-refractivity contribution in [1.82, 2.24) is 20.3 Å². The van der Waals surface area contributed by atoms with Crippen LogP contribution in [0.4, 0.5) is 0 Å². The van der Waals surface area contributed by atoms with E-state index in [0.29, 0.717) is 5.69 Å². The van der Waals surface area contributed by atoms with E-state index in [9.17, 15) is 4.79 Å². The molecule has 4 rings (SSSR count). The summed E-state index contributed by atoms with van der Waals surface area (Å²) in [6.07, 6.45) is 2.85. The molecule has 2 N–H and O–H groups in total. The van der Waals surface area contributed by atoms with Crippen LogP contribution in [0, 0.1) is 0 Å². The quantitative estimate of drug-likeness (QED) is 0.525. The van der Waals surface area contributed by atoms with Crippen LogP contribution >= 0.6 is 11.8 Å². The number of aromatic nitrogens is 3. The van der Waals surface area contributed by atoms with Gasteiger partial charge in [0.15, 0.2) is 0 Å². The summed E-state index contributed by atoms with van der Waals surface area (Å²) < 4.78 is 0. The predicted octanol–water partition coefficient (Wildman–Crippen LogP) is 4.34. The van der Waals surface area contributed by atoms with E-state index >= 15 is 0 Å². The lowest BCUT2D eigenvalue weighted by Crippen LogP contribution is -2.30. The molecule has 0 fully saturated rings. The first kappa shape index (κ1) is 17.5. The fraction of sp³-hybridized carbons (Fsp3) is 0.190. The number of benzene rings is 2. The van der Waals surface area contributed by atoms with Gasteiger partial charge in [-0.1, -0.05) is 36.4 Å². The second-order valence-corrected chi connectivity index (χ2v) is 7.32. The molecule has 1 unspecified atom stereocenters. The van der Waals surface area contributed by atoms with Gasteiger partial charge in [-0.2, -0.15) is 11.8 Å². The number of aromatic amines is 1. The average molecular weight is 376 g/mol. The third kappa shape index (κ3) is 3.80. The van der Waals surface area contributed by atoms with Crippen LogP contribution in [0.1, 0.15) is 28.8 Å². The number of nitrogens with zero attached hydrogens (tertiary/aromatic N) is 2. The summed E-state index contributed by atoms with van der Waals surface area (Å²) in [7, 11) is 0. The highest BCUT2D eigenvalue weighted by Crippen LogP contribution is 2.21. The monoisotopic (exact) mass is 376 g/mol. The Morgan fingerprint density at radius 1 is 1.04 bits per heavy atom. The Labute approximate surface area is 161 Å². The number of nitrogens with one attached hydrogen (secondary N) is 2. The number of carbonyl (C=O) groups is 1. The molecule has 0 aliphatic rings. The summed E-state index contributed by atoms with van der Waals surface area (Å²) in [6, 6.07) is 19.2. The predicted molar refractivity (Wildman–Crippen MR) is 111 cm³/mol. The summed E-state index contributed by atoms with van der Waals surface area (Å²) in [5.74, 6) is 1.51. The van der Waals surface area contributed by atoms with Crippen molar-refractivity contribution in [2.75, 3.05) is 12.0 Å². The van der Waals surface area contributed by atoms with E-state index in [1.54, 1.807) is 17.8 Å². The number of carbonyl (C=O) groups excluding carboxylic acids is 1. The third-order valence-corrected chi connectivity index (χ3v) is 5.13. The summed E-state index contributed by atoms with van der Waals surface area (Å²) in [5.41, 5.74) is 3.10. The van der Waals surface area contributed by atoms with Crippen LogP contribution in [0.2, 0.25) is 0 Å². The van der Waals surface area contributed by atoms with Gasteiger partial charge in [0.2, 0.25) is 0 Å². The van der Waals surface area contributed by atoms with E-state index in [1.165, 1.54) is 0 Å². The number of hydrogen-bond acceptors (Lipinski definition) is 4. The Morgan fingerprint density at radius 3 is 2.63 bits per heavy atom. The zero-order valence-electron chi connectivity index (χ0n) is 15.0. The molecule has 2 aromatic carbocycles. The lowest BCUT2D eigenvalue weighted by atomic mass is 10.1. The molecule has 5 nitrogen and oxygen atoms in total. The number of thioether (sulfide) groups is 1. The molecule has 0 aliphatic carbocycles. The molecule has 0 bridgehead atoms. The van der Waals surface area contributed by atoms with Gasteiger partial charge < -0.3 is 10.3 Å². The summed E-state index contributed by atoms with van der Waals surface area (Å²) in [6.45, 7) is 0. The van der Waals surface area contributed by atoms with Crippen molar-refractivity contribution >= 4 is 39.6 Å². The first-order valence-electron chi connectivity index (χ1n) is 8.85. The van der Waals surface area contributed by atoms with E-state index < -0.39 is 0 Å². The minimum atomic E-state index is -0.189. The molecular formula is C21H20N4OS. The molecule has 1 atom stereocenters. The van der Waals surface area contributed by atoms with Gasteiger partial charge in [0.05, 0.1) is 22.6 Å². The number of amides is 1. The summed E-state index contributed by atoms with van der Waals surface area (Å²) >= 11 is 1.75. The summed E-state index contributed by atoms with van der Waals surface area (Å²) in [4.78, 5) is 25.3. The van der Waals surface area contributed by atoms with Gasteiger partial charge in [0.1, 0.15) is 11.5 Å². The number of rotatable bonds is 6. The lowest BCUT2D eigenvalue weighted by Gasteiger charge is -2.16. The molecule has 0 radical (unpaired) electrons. The lowest BCUT2D eigenvalue weighted by molar-refractivity contribution is 0.0929. The maximum atomic E-state index is 12.8. The van der Waals surface area contributed by atoms with Crippen molar-refractivity contribution < 1.29 is 4.79 Å². The van der Waals surface area contributed by atoms with E-state index in [-0.39, 0.29) is 11.9 Å². The molecule has 0 saturated heterocycles. The molecule has 136 valence electrons.